The van der Waals surface area contributed by atoms with Crippen LogP contribution in [0.4, 0.5) is 0 Å². The second-order valence-corrected chi connectivity index (χ2v) is 8.06. The van der Waals surface area contributed by atoms with Crippen LogP contribution in [0.3, 0.4) is 0 Å². The molecular formula is C19H21N3O2S. The number of carbonyl (C=O) groups is 1. The van der Waals surface area contributed by atoms with E-state index in [9.17, 15) is 9.59 Å². The number of benzene rings is 1. The van der Waals surface area contributed by atoms with Gasteiger partial charge in [-0.3, -0.25) is 9.59 Å². The third-order valence-electron chi connectivity index (χ3n) is 4.05. The van der Waals surface area contributed by atoms with Crippen molar-refractivity contribution in [3.05, 3.63) is 63.2 Å². The SMILES string of the molecule is CC(C)(C)C(NC(=O)Cn1ncc2ccccc2c1=O)c1cccs1. The Bertz CT molecular complexity index is 939. The monoisotopic (exact) mass is 355 g/mol. The molecule has 0 aliphatic carbocycles. The van der Waals surface area contributed by atoms with Crippen LogP contribution in [0.5, 0.6) is 0 Å². The van der Waals surface area contributed by atoms with Crippen LogP contribution in [0.2, 0.25) is 0 Å². The smallest absolute Gasteiger partial charge is 0.275 e. The van der Waals surface area contributed by atoms with Gasteiger partial charge in [0.05, 0.1) is 17.6 Å². The second kappa shape index (κ2) is 6.80. The number of fused-ring (bicyclic) bond motifs is 1. The zero-order valence-electron chi connectivity index (χ0n) is 14.5. The summed E-state index contributed by atoms with van der Waals surface area (Å²) in [4.78, 5) is 26.1. The molecule has 1 unspecified atom stereocenters. The van der Waals surface area contributed by atoms with Crippen LogP contribution < -0.4 is 10.9 Å². The standard InChI is InChI=1S/C19H21N3O2S/c1-19(2,3)17(15-9-6-10-25-15)21-16(23)12-22-18(24)14-8-5-4-7-13(14)11-20-22/h4-11,17H,12H2,1-3H3,(H,21,23). The van der Waals surface area contributed by atoms with Gasteiger partial charge in [-0.1, -0.05) is 45.0 Å². The average Bonchev–Trinajstić information content (AvgIpc) is 3.08. The lowest BCUT2D eigenvalue weighted by Crippen LogP contribution is -2.40. The highest BCUT2D eigenvalue weighted by molar-refractivity contribution is 7.10. The van der Waals surface area contributed by atoms with Gasteiger partial charge in [-0.05, 0) is 22.9 Å². The number of nitrogens with one attached hydrogen (secondary N) is 1. The Morgan fingerprint density at radius 3 is 2.68 bits per heavy atom. The van der Waals surface area contributed by atoms with Crippen molar-refractivity contribution in [3.8, 4) is 0 Å². The Hall–Kier alpha value is -2.47. The van der Waals surface area contributed by atoms with E-state index in [4.69, 9.17) is 0 Å². The van der Waals surface area contributed by atoms with Gasteiger partial charge in [0, 0.05) is 10.3 Å². The number of carbonyl (C=O) groups excluding carboxylic acids is 1. The van der Waals surface area contributed by atoms with E-state index in [0.717, 1.165) is 10.3 Å². The Kier molecular flexibility index (Phi) is 4.72. The number of hydrogen-bond acceptors (Lipinski definition) is 4. The van der Waals surface area contributed by atoms with E-state index in [-0.39, 0.29) is 29.5 Å². The molecule has 3 aromatic rings. The molecule has 0 radical (unpaired) electrons. The van der Waals surface area contributed by atoms with Crippen LogP contribution in [0.1, 0.15) is 31.7 Å². The Balaban J connectivity index is 1.82. The first-order chi connectivity index (χ1) is 11.9. The number of aromatic nitrogens is 2. The van der Waals surface area contributed by atoms with Crippen molar-refractivity contribution in [2.24, 2.45) is 5.41 Å². The Morgan fingerprint density at radius 1 is 1.24 bits per heavy atom. The van der Waals surface area contributed by atoms with Crippen molar-refractivity contribution < 1.29 is 4.79 Å². The lowest BCUT2D eigenvalue weighted by Gasteiger charge is -2.30. The van der Waals surface area contributed by atoms with Crippen molar-refractivity contribution in [1.82, 2.24) is 15.1 Å². The Morgan fingerprint density at radius 2 is 2.00 bits per heavy atom. The summed E-state index contributed by atoms with van der Waals surface area (Å²) in [6.45, 7) is 6.15. The molecule has 1 N–H and O–H groups in total. The first-order valence-electron chi connectivity index (χ1n) is 8.14. The molecule has 2 heterocycles. The van der Waals surface area contributed by atoms with Gasteiger partial charge in [0.25, 0.3) is 5.56 Å². The van der Waals surface area contributed by atoms with Crippen LogP contribution >= 0.6 is 11.3 Å². The normalized spacial score (nSPS) is 12.9. The number of amides is 1. The van der Waals surface area contributed by atoms with E-state index in [1.54, 1.807) is 29.7 Å². The molecular weight excluding hydrogens is 334 g/mol. The van der Waals surface area contributed by atoms with Gasteiger partial charge in [0.15, 0.2) is 0 Å². The van der Waals surface area contributed by atoms with Crippen LogP contribution in [0.25, 0.3) is 10.8 Å². The molecule has 130 valence electrons. The van der Waals surface area contributed by atoms with Crippen molar-refractivity contribution >= 4 is 28.0 Å². The van der Waals surface area contributed by atoms with Crippen molar-refractivity contribution in [3.63, 3.8) is 0 Å². The summed E-state index contributed by atoms with van der Waals surface area (Å²) in [5.74, 6) is -0.224. The highest BCUT2D eigenvalue weighted by Gasteiger charge is 2.28. The third-order valence-corrected chi connectivity index (χ3v) is 4.99. The molecule has 6 heteroatoms. The third kappa shape index (κ3) is 3.79. The first kappa shape index (κ1) is 17.4. The largest absolute Gasteiger partial charge is 0.346 e. The fraction of sp³-hybridized carbons (Fsp3) is 0.316. The van der Waals surface area contributed by atoms with E-state index in [1.807, 2.05) is 29.6 Å². The molecule has 0 aliphatic rings. The number of hydrogen-bond donors (Lipinski definition) is 1. The minimum atomic E-state index is -0.253. The summed E-state index contributed by atoms with van der Waals surface area (Å²) < 4.78 is 1.21. The Labute approximate surface area is 150 Å². The molecule has 25 heavy (non-hydrogen) atoms. The molecule has 0 bridgehead atoms. The molecule has 2 aromatic heterocycles. The first-order valence-corrected chi connectivity index (χ1v) is 9.02. The molecule has 5 nitrogen and oxygen atoms in total. The van der Waals surface area contributed by atoms with Crippen molar-refractivity contribution in [2.45, 2.75) is 33.4 Å². The van der Waals surface area contributed by atoms with E-state index < -0.39 is 0 Å². The van der Waals surface area contributed by atoms with Crippen LogP contribution in [0.15, 0.2) is 52.8 Å². The van der Waals surface area contributed by atoms with Crippen LogP contribution in [-0.4, -0.2) is 15.7 Å². The van der Waals surface area contributed by atoms with E-state index in [2.05, 4.69) is 31.2 Å². The summed E-state index contributed by atoms with van der Waals surface area (Å²) in [7, 11) is 0. The predicted molar refractivity (Wildman–Crippen MR) is 101 cm³/mol. The topological polar surface area (TPSA) is 64.0 Å². The second-order valence-electron chi connectivity index (χ2n) is 7.08. The van der Waals surface area contributed by atoms with Gasteiger partial charge in [-0.2, -0.15) is 5.10 Å². The summed E-state index contributed by atoms with van der Waals surface area (Å²) in [5, 5.41) is 10.5. The maximum Gasteiger partial charge on any atom is 0.275 e. The van der Waals surface area contributed by atoms with E-state index in [1.165, 1.54) is 4.68 Å². The fourth-order valence-corrected chi connectivity index (χ4v) is 3.77. The highest BCUT2D eigenvalue weighted by Crippen LogP contribution is 2.35. The average molecular weight is 355 g/mol. The van der Waals surface area contributed by atoms with E-state index >= 15 is 0 Å². The van der Waals surface area contributed by atoms with Gasteiger partial charge in [-0.15, -0.1) is 11.3 Å². The maximum atomic E-state index is 12.5. The van der Waals surface area contributed by atoms with Gasteiger partial charge in [-0.25, -0.2) is 4.68 Å². The molecule has 3 rings (SSSR count). The summed E-state index contributed by atoms with van der Waals surface area (Å²) >= 11 is 1.61. The molecule has 0 saturated heterocycles. The molecule has 1 amide bonds. The van der Waals surface area contributed by atoms with Gasteiger partial charge < -0.3 is 5.32 Å². The maximum absolute atomic E-state index is 12.5. The summed E-state index contributed by atoms with van der Waals surface area (Å²) in [6, 6.07) is 11.1. The van der Waals surface area contributed by atoms with Gasteiger partial charge >= 0.3 is 0 Å². The van der Waals surface area contributed by atoms with Gasteiger partial charge in [0.2, 0.25) is 5.91 Å². The summed E-state index contributed by atoms with van der Waals surface area (Å²) in [6.07, 6.45) is 1.62. The van der Waals surface area contributed by atoms with Crippen molar-refractivity contribution in [1.29, 1.82) is 0 Å². The molecule has 0 spiro atoms. The summed E-state index contributed by atoms with van der Waals surface area (Å²) in [5.41, 5.74) is -0.390. The lowest BCUT2D eigenvalue weighted by atomic mass is 9.86. The molecule has 0 fully saturated rings. The predicted octanol–water partition coefficient (Wildman–Crippen LogP) is 3.36. The minimum absolute atomic E-state index is 0.0956. The zero-order chi connectivity index (χ0) is 18.0. The van der Waals surface area contributed by atoms with Crippen LogP contribution in [-0.2, 0) is 11.3 Å². The number of thiophene rings is 1. The van der Waals surface area contributed by atoms with Crippen LogP contribution in [0, 0.1) is 5.41 Å². The lowest BCUT2D eigenvalue weighted by molar-refractivity contribution is -0.123. The molecule has 1 atom stereocenters. The quantitative estimate of drug-likeness (QED) is 0.780. The van der Waals surface area contributed by atoms with Crippen molar-refractivity contribution in [2.75, 3.05) is 0 Å². The molecule has 0 aliphatic heterocycles. The fourth-order valence-electron chi connectivity index (χ4n) is 2.75. The minimum Gasteiger partial charge on any atom is -0.346 e. The molecule has 0 saturated carbocycles. The number of rotatable bonds is 4. The zero-order valence-corrected chi connectivity index (χ0v) is 15.3. The van der Waals surface area contributed by atoms with Gasteiger partial charge in [0.1, 0.15) is 6.54 Å². The molecule has 1 aromatic carbocycles. The number of nitrogens with zero attached hydrogens (tertiary/aromatic N) is 2. The van der Waals surface area contributed by atoms with E-state index in [0.29, 0.717) is 5.39 Å². The highest BCUT2D eigenvalue weighted by atomic mass is 32.1.